The van der Waals surface area contributed by atoms with E-state index < -0.39 is 5.91 Å². The van der Waals surface area contributed by atoms with Gasteiger partial charge in [-0.05, 0) is 30.9 Å². The molecule has 22 heavy (non-hydrogen) atoms. The van der Waals surface area contributed by atoms with E-state index in [9.17, 15) is 9.59 Å². The predicted molar refractivity (Wildman–Crippen MR) is 88.2 cm³/mol. The lowest BCUT2D eigenvalue weighted by Crippen LogP contribution is -2.43. The normalized spacial score (nSPS) is 12.5. The van der Waals surface area contributed by atoms with Gasteiger partial charge in [0, 0.05) is 6.54 Å². The summed E-state index contributed by atoms with van der Waals surface area (Å²) in [7, 11) is 0. The number of aryl methyl sites for hydroxylation is 1. The maximum absolute atomic E-state index is 12.2. The van der Waals surface area contributed by atoms with Crippen molar-refractivity contribution in [3.05, 3.63) is 35.4 Å². The number of nitrogens with two attached hydrogens (primary N) is 1. The van der Waals surface area contributed by atoms with E-state index in [4.69, 9.17) is 5.73 Å². The molecule has 0 aliphatic rings. The van der Waals surface area contributed by atoms with Gasteiger partial charge in [0.1, 0.15) is 0 Å². The Bertz CT molecular complexity index is 514. The highest BCUT2D eigenvalue weighted by Gasteiger charge is 2.17. The summed E-state index contributed by atoms with van der Waals surface area (Å²) in [6.07, 6.45) is 0. The van der Waals surface area contributed by atoms with E-state index in [0.717, 1.165) is 11.1 Å². The molecule has 1 aromatic rings. The van der Waals surface area contributed by atoms with Crippen LogP contribution in [0.5, 0.6) is 0 Å². The van der Waals surface area contributed by atoms with Crippen LogP contribution >= 0.6 is 0 Å². The van der Waals surface area contributed by atoms with Crippen LogP contribution in [0, 0.1) is 12.8 Å². The number of hydrogen-bond donors (Lipinski definition) is 2. The Labute approximate surface area is 132 Å². The molecular weight excluding hydrogens is 278 g/mol. The molecule has 0 bridgehead atoms. The van der Waals surface area contributed by atoms with E-state index >= 15 is 0 Å². The van der Waals surface area contributed by atoms with Crippen molar-refractivity contribution >= 4 is 11.8 Å². The monoisotopic (exact) mass is 305 g/mol. The highest BCUT2D eigenvalue weighted by atomic mass is 16.2. The largest absolute Gasteiger partial charge is 0.369 e. The first-order valence-corrected chi connectivity index (χ1v) is 7.65. The molecule has 3 N–H and O–H groups in total. The number of amides is 2. The summed E-state index contributed by atoms with van der Waals surface area (Å²) in [4.78, 5) is 25.1. The maximum Gasteiger partial charge on any atom is 0.234 e. The summed E-state index contributed by atoms with van der Waals surface area (Å²) in [5, 5.41) is 2.98. The van der Waals surface area contributed by atoms with Gasteiger partial charge in [-0.1, -0.05) is 38.1 Å². The number of rotatable bonds is 8. The molecule has 0 radical (unpaired) electrons. The summed E-state index contributed by atoms with van der Waals surface area (Å²) in [5.41, 5.74) is 7.49. The number of nitrogens with one attached hydrogen (secondary N) is 1. The van der Waals surface area contributed by atoms with Crippen molar-refractivity contribution in [3.8, 4) is 0 Å². The van der Waals surface area contributed by atoms with Crippen LogP contribution in [-0.2, 0) is 9.59 Å². The summed E-state index contributed by atoms with van der Waals surface area (Å²) < 4.78 is 0. The molecule has 0 aromatic heterocycles. The average Bonchev–Trinajstić information content (AvgIpc) is 2.36. The minimum atomic E-state index is -0.416. The van der Waals surface area contributed by atoms with Crippen molar-refractivity contribution in [1.29, 1.82) is 0 Å². The molecule has 0 unspecified atom stereocenters. The molecule has 1 atom stereocenters. The van der Waals surface area contributed by atoms with Crippen molar-refractivity contribution < 1.29 is 9.59 Å². The third-order valence-corrected chi connectivity index (χ3v) is 3.40. The second kappa shape index (κ2) is 8.54. The topological polar surface area (TPSA) is 75.4 Å². The van der Waals surface area contributed by atoms with Crippen LogP contribution in [0.2, 0.25) is 0 Å². The van der Waals surface area contributed by atoms with Gasteiger partial charge in [0.25, 0.3) is 0 Å². The first-order valence-electron chi connectivity index (χ1n) is 7.65. The highest BCUT2D eigenvalue weighted by molar-refractivity contribution is 5.80. The zero-order valence-corrected chi connectivity index (χ0v) is 13.9. The standard InChI is InChI=1S/C17H27N3O2/c1-12(2)9-20(10-16(18)21)11-17(22)19-14(4)15-8-6-5-7-13(15)3/h5-8,12,14H,9-11H2,1-4H3,(H2,18,21)(H,19,22)/t14-/m1/s1. The smallest absolute Gasteiger partial charge is 0.234 e. The van der Waals surface area contributed by atoms with Gasteiger partial charge in [-0.15, -0.1) is 0 Å². The molecule has 0 heterocycles. The first kappa shape index (κ1) is 18.2. The van der Waals surface area contributed by atoms with E-state index in [2.05, 4.69) is 5.32 Å². The lowest BCUT2D eigenvalue weighted by molar-refractivity contribution is -0.124. The van der Waals surface area contributed by atoms with Gasteiger partial charge in [0.05, 0.1) is 19.1 Å². The first-order chi connectivity index (χ1) is 10.3. The second-order valence-electron chi connectivity index (χ2n) is 6.18. The molecule has 122 valence electrons. The van der Waals surface area contributed by atoms with Gasteiger partial charge < -0.3 is 11.1 Å². The van der Waals surface area contributed by atoms with Crippen LogP contribution in [-0.4, -0.2) is 36.3 Å². The minimum absolute atomic E-state index is 0.0665. The molecule has 2 amide bonds. The molecule has 5 nitrogen and oxygen atoms in total. The zero-order chi connectivity index (χ0) is 16.7. The molecular formula is C17H27N3O2. The van der Waals surface area contributed by atoms with E-state index in [1.54, 1.807) is 4.90 Å². The fourth-order valence-corrected chi connectivity index (χ4v) is 2.56. The van der Waals surface area contributed by atoms with Crippen molar-refractivity contribution in [2.24, 2.45) is 11.7 Å². The molecule has 5 heteroatoms. The molecule has 0 aliphatic carbocycles. The lowest BCUT2D eigenvalue weighted by Gasteiger charge is -2.23. The predicted octanol–water partition coefficient (Wildman–Crippen LogP) is 1.62. The Morgan fingerprint density at radius 1 is 1.18 bits per heavy atom. The van der Waals surface area contributed by atoms with Crippen LogP contribution in [0.1, 0.15) is 37.9 Å². The fraction of sp³-hybridized carbons (Fsp3) is 0.529. The van der Waals surface area contributed by atoms with E-state index in [0.29, 0.717) is 12.5 Å². The fourth-order valence-electron chi connectivity index (χ4n) is 2.56. The van der Waals surface area contributed by atoms with Crippen molar-refractivity contribution in [3.63, 3.8) is 0 Å². The van der Waals surface area contributed by atoms with E-state index in [1.165, 1.54) is 0 Å². The molecule has 0 saturated carbocycles. The minimum Gasteiger partial charge on any atom is -0.369 e. The van der Waals surface area contributed by atoms with Gasteiger partial charge in [-0.3, -0.25) is 14.5 Å². The van der Waals surface area contributed by atoms with Gasteiger partial charge >= 0.3 is 0 Å². The highest BCUT2D eigenvalue weighted by Crippen LogP contribution is 2.16. The molecule has 0 fully saturated rings. The third-order valence-electron chi connectivity index (χ3n) is 3.40. The summed E-state index contributed by atoms with van der Waals surface area (Å²) in [6, 6.07) is 7.91. The summed E-state index contributed by atoms with van der Waals surface area (Å²) in [6.45, 7) is 9.01. The van der Waals surface area contributed by atoms with Crippen molar-refractivity contribution in [2.45, 2.75) is 33.7 Å². The van der Waals surface area contributed by atoms with Crippen LogP contribution in [0.4, 0.5) is 0 Å². The number of benzene rings is 1. The van der Waals surface area contributed by atoms with Crippen molar-refractivity contribution in [2.75, 3.05) is 19.6 Å². The third kappa shape index (κ3) is 6.26. The Morgan fingerprint density at radius 2 is 1.82 bits per heavy atom. The number of primary amides is 1. The van der Waals surface area contributed by atoms with Gasteiger partial charge in [0.15, 0.2) is 0 Å². The number of hydrogen-bond acceptors (Lipinski definition) is 3. The van der Waals surface area contributed by atoms with Crippen LogP contribution < -0.4 is 11.1 Å². The Hall–Kier alpha value is -1.88. The lowest BCUT2D eigenvalue weighted by atomic mass is 10.0. The molecule has 0 spiro atoms. The van der Waals surface area contributed by atoms with E-state index in [-0.39, 0.29) is 25.0 Å². The SMILES string of the molecule is Cc1ccccc1[C@@H](C)NC(=O)CN(CC(N)=O)CC(C)C. The second-order valence-corrected chi connectivity index (χ2v) is 6.18. The number of carbonyl (C=O) groups excluding carboxylic acids is 2. The van der Waals surface area contributed by atoms with E-state index in [1.807, 2.05) is 52.0 Å². The Kier molecular flexibility index (Phi) is 7.05. The summed E-state index contributed by atoms with van der Waals surface area (Å²) >= 11 is 0. The summed E-state index contributed by atoms with van der Waals surface area (Å²) in [5.74, 6) is -0.154. The quantitative estimate of drug-likeness (QED) is 0.766. The number of nitrogens with zero attached hydrogens (tertiary/aromatic N) is 1. The average molecular weight is 305 g/mol. The number of carbonyl (C=O) groups is 2. The van der Waals surface area contributed by atoms with Gasteiger partial charge in [-0.2, -0.15) is 0 Å². The van der Waals surface area contributed by atoms with Crippen LogP contribution in [0.15, 0.2) is 24.3 Å². The Balaban J connectivity index is 2.62. The van der Waals surface area contributed by atoms with Crippen LogP contribution in [0.3, 0.4) is 0 Å². The van der Waals surface area contributed by atoms with Gasteiger partial charge in [0.2, 0.25) is 11.8 Å². The maximum atomic E-state index is 12.2. The molecule has 0 aliphatic heterocycles. The molecule has 1 aromatic carbocycles. The zero-order valence-electron chi connectivity index (χ0n) is 13.9. The molecule has 1 rings (SSSR count). The van der Waals surface area contributed by atoms with Crippen molar-refractivity contribution in [1.82, 2.24) is 10.2 Å². The molecule has 0 saturated heterocycles. The Morgan fingerprint density at radius 3 is 2.36 bits per heavy atom. The van der Waals surface area contributed by atoms with Gasteiger partial charge in [-0.25, -0.2) is 0 Å². The van der Waals surface area contributed by atoms with Crippen LogP contribution in [0.25, 0.3) is 0 Å².